The third kappa shape index (κ3) is 1.56. The van der Waals surface area contributed by atoms with E-state index in [1.165, 1.54) is 5.56 Å². The summed E-state index contributed by atoms with van der Waals surface area (Å²) in [5.41, 5.74) is 2.03. The summed E-state index contributed by atoms with van der Waals surface area (Å²) in [6.07, 6.45) is 3.65. The van der Waals surface area contributed by atoms with Crippen LogP contribution >= 0.6 is 15.9 Å². The van der Waals surface area contributed by atoms with Gasteiger partial charge in [0, 0.05) is 22.4 Å². The van der Waals surface area contributed by atoms with E-state index in [0.717, 1.165) is 16.6 Å². The van der Waals surface area contributed by atoms with Crippen molar-refractivity contribution in [2.75, 3.05) is 6.61 Å². The zero-order valence-corrected chi connectivity index (χ0v) is 10.1. The molecule has 1 aliphatic heterocycles. The average molecular weight is 276 g/mol. The molecule has 1 aromatic carbocycles. The standard InChI is InChI=1S/C13H10BrNO/c14-12-6-11(7-15-8-12)13(9-16-13)10-4-2-1-3-5-10/h1-8H,9H2/t13-/m1/s1. The summed E-state index contributed by atoms with van der Waals surface area (Å²) in [4.78, 5) is 4.19. The van der Waals surface area contributed by atoms with Crippen LogP contribution in [0, 0.1) is 0 Å². The van der Waals surface area contributed by atoms with Crippen molar-refractivity contribution in [3.63, 3.8) is 0 Å². The predicted octanol–water partition coefficient (Wildman–Crippen LogP) is 3.12. The molecule has 3 heteroatoms. The summed E-state index contributed by atoms with van der Waals surface area (Å²) >= 11 is 3.44. The van der Waals surface area contributed by atoms with E-state index in [1.807, 2.05) is 24.4 Å². The molecule has 0 saturated carbocycles. The number of ether oxygens (including phenoxy) is 1. The van der Waals surface area contributed by atoms with Crippen molar-refractivity contribution in [2.24, 2.45) is 0 Å². The highest BCUT2D eigenvalue weighted by Gasteiger charge is 2.48. The lowest BCUT2D eigenvalue weighted by atomic mass is 9.93. The molecular formula is C13H10BrNO. The summed E-state index contributed by atoms with van der Waals surface area (Å²) in [6, 6.07) is 12.3. The summed E-state index contributed by atoms with van der Waals surface area (Å²) in [5, 5.41) is 0. The summed E-state index contributed by atoms with van der Waals surface area (Å²) in [7, 11) is 0. The number of hydrogen-bond donors (Lipinski definition) is 0. The Morgan fingerprint density at radius 3 is 2.50 bits per heavy atom. The summed E-state index contributed by atoms with van der Waals surface area (Å²) in [6.45, 7) is 0.731. The van der Waals surface area contributed by atoms with Crippen LogP contribution in [0.1, 0.15) is 11.1 Å². The zero-order chi connectivity index (χ0) is 11.0. The highest BCUT2D eigenvalue weighted by atomic mass is 79.9. The summed E-state index contributed by atoms with van der Waals surface area (Å²) < 4.78 is 6.64. The lowest BCUT2D eigenvalue weighted by Gasteiger charge is -2.12. The van der Waals surface area contributed by atoms with Gasteiger partial charge in [-0.1, -0.05) is 30.3 Å². The van der Waals surface area contributed by atoms with Crippen LogP contribution in [0.3, 0.4) is 0 Å². The van der Waals surface area contributed by atoms with Crippen molar-refractivity contribution >= 4 is 15.9 Å². The van der Waals surface area contributed by atoms with Crippen molar-refractivity contribution in [1.29, 1.82) is 0 Å². The molecule has 2 heterocycles. The Balaban J connectivity index is 2.07. The van der Waals surface area contributed by atoms with Crippen molar-refractivity contribution in [3.8, 4) is 0 Å². The Labute approximate surface area is 102 Å². The minimum absolute atomic E-state index is 0.266. The molecule has 16 heavy (non-hydrogen) atoms. The molecule has 0 bridgehead atoms. The molecule has 0 spiro atoms. The number of benzene rings is 1. The molecule has 0 amide bonds. The number of hydrogen-bond acceptors (Lipinski definition) is 2. The van der Waals surface area contributed by atoms with E-state index in [-0.39, 0.29) is 5.60 Å². The first-order valence-electron chi connectivity index (χ1n) is 5.12. The number of rotatable bonds is 2. The van der Waals surface area contributed by atoms with Gasteiger partial charge in [0.2, 0.25) is 0 Å². The van der Waals surface area contributed by atoms with E-state index in [9.17, 15) is 0 Å². The van der Waals surface area contributed by atoms with Crippen molar-refractivity contribution in [1.82, 2.24) is 4.98 Å². The molecule has 1 fully saturated rings. The van der Waals surface area contributed by atoms with E-state index in [4.69, 9.17) is 4.74 Å². The Morgan fingerprint density at radius 1 is 1.12 bits per heavy atom. The smallest absolute Gasteiger partial charge is 0.143 e. The highest BCUT2D eigenvalue weighted by molar-refractivity contribution is 9.10. The van der Waals surface area contributed by atoms with Gasteiger partial charge in [-0.05, 0) is 27.6 Å². The zero-order valence-electron chi connectivity index (χ0n) is 8.56. The van der Waals surface area contributed by atoms with E-state index in [1.54, 1.807) is 6.20 Å². The normalized spacial score (nSPS) is 23.1. The van der Waals surface area contributed by atoms with Gasteiger partial charge in [-0.2, -0.15) is 0 Å². The minimum atomic E-state index is -0.266. The van der Waals surface area contributed by atoms with Crippen LogP contribution in [0.15, 0.2) is 53.3 Å². The molecule has 2 aromatic rings. The molecule has 80 valence electrons. The SMILES string of the molecule is Brc1cncc([C@]2(c3ccccc3)CO2)c1. The Bertz CT molecular complexity index is 508. The number of pyridine rings is 1. The minimum Gasteiger partial charge on any atom is -0.359 e. The second-order valence-corrected chi connectivity index (χ2v) is 4.79. The van der Waals surface area contributed by atoms with E-state index in [0.29, 0.717) is 0 Å². The molecule has 1 saturated heterocycles. The fourth-order valence-electron chi connectivity index (χ4n) is 1.91. The largest absolute Gasteiger partial charge is 0.359 e. The van der Waals surface area contributed by atoms with Crippen LogP contribution in [0.4, 0.5) is 0 Å². The molecular weight excluding hydrogens is 266 g/mol. The molecule has 0 radical (unpaired) electrons. The molecule has 0 unspecified atom stereocenters. The molecule has 0 aliphatic carbocycles. The van der Waals surface area contributed by atoms with Gasteiger partial charge in [0.05, 0.1) is 6.61 Å². The van der Waals surface area contributed by atoms with Gasteiger partial charge in [0.1, 0.15) is 5.60 Å². The number of nitrogens with zero attached hydrogens (tertiary/aromatic N) is 1. The van der Waals surface area contributed by atoms with Crippen LogP contribution in [0.5, 0.6) is 0 Å². The van der Waals surface area contributed by atoms with Crippen LogP contribution in [0.2, 0.25) is 0 Å². The van der Waals surface area contributed by atoms with E-state index >= 15 is 0 Å². The first-order chi connectivity index (χ1) is 7.81. The molecule has 3 rings (SSSR count). The molecule has 1 aliphatic rings. The lowest BCUT2D eigenvalue weighted by molar-refractivity contribution is 0.348. The van der Waals surface area contributed by atoms with Crippen LogP contribution in [-0.2, 0) is 10.3 Å². The molecule has 1 aromatic heterocycles. The van der Waals surface area contributed by atoms with E-state index in [2.05, 4.69) is 39.1 Å². The van der Waals surface area contributed by atoms with Gasteiger partial charge >= 0.3 is 0 Å². The Hall–Kier alpha value is -1.19. The van der Waals surface area contributed by atoms with Gasteiger partial charge in [0.25, 0.3) is 0 Å². The fourth-order valence-corrected chi connectivity index (χ4v) is 2.28. The number of epoxide rings is 1. The van der Waals surface area contributed by atoms with Gasteiger partial charge < -0.3 is 4.74 Å². The number of halogens is 1. The van der Waals surface area contributed by atoms with Crippen LogP contribution in [-0.4, -0.2) is 11.6 Å². The third-order valence-electron chi connectivity index (χ3n) is 2.84. The van der Waals surface area contributed by atoms with Gasteiger partial charge in [-0.15, -0.1) is 0 Å². The van der Waals surface area contributed by atoms with Crippen LogP contribution < -0.4 is 0 Å². The van der Waals surface area contributed by atoms with Crippen molar-refractivity contribution in [3.05, 3.63) is 64.4 Å². The Morgan fingerprint density at radius 2 is 1.88 bits per heavy atom. The highest BCUT2D eigenvalue weighted by Crippen LogP contribution is 2.45. The monoisotopic (exact) mass is 275 g/mol. The topological polar surface area (TPSA) is 25.4 Å². The second kappa shape index (κ2) is 3.68. The lowest BCUT2D eigenvalue weighted by Crippen LogP contribution is -2.10. The maximum absolute atomic E-state index is 5.66. The third-order valence-corrected chi connectivity index (χ3v) is 3.28. The second-order valence-electron chi connectivity index (χ2n) is 3.87. The quantitative estimate of drug-likeness (QED) is 0.787. The van der Waals surface area contributed by atoms with Crippen molar-refractivity contribution < 1.29 is 4.74 Å². The fraction of sp³-hybridized carbons (Fsp3) is 0.154. The van der Waals surface area contributed by atoms with Crippen LogP contribution in [0.25, 0.3) is 0 Å². The van der Waals surface area contributed by atoms with E-state index < -0.39 is 0 Å². The van der Waals surface area contributed by atoms with Gasteiger partial charge in [-0.3, -0.25) is 4.98 Å². The van der Waals surface area contributed by atoms with Gasteiger partial charge in [-0.25, -0.2) is 0 Å². The molecule has 2 nitrogen and oxygen atoms in total. The van der Waals surface area contributed by atoms with Gasteiger partial charge in [0.15, 0.2) is 0 Å². The molecule has 1 atom stereocenters. The first kappa shape index (κ1) is 10.00. The average Bonchev–Trinajstić information content (AvgIpc) is 3.11. The predicted molar refractivity (Wildman–Crippen MR) is 65.1 cm³/mol. The maximum atomic E-state index is 5.66. The maximum Gasteiger partial charge on any atom is 0.143 e. The van der Waals surface area contributed by atoms with Crippen molar-refractivity contribution in [2.45, 2.75) is 5.60 Å². The molecule has 0 N–H and O–H groups in total. The summed E-state index contributed by atoms with van der Waals surface area (Å²) in [5.74, 6) is 0. The Kier molecular flexibility index (Phi) is 2.30. The first-order valence-corrected chi connectivity index (χ1v) is 5.91. The number of aromatic nitrogens is 1.